The number of rotatable bonds is 2. The zero-order chi connectivity index (χ0) is 15.6. The zero-order valence-corrected chi connectivity index (χ0v) is 13.6. The lowest BCUT2D eigenvalue weighted by atomic mass is 10.1. The van der Waals surface area contributed by atoms with Crippen molar-refractivity contribution in [1.82, 2.24) is 9.80 Å². The van der Waals surface area contributed by atoms with Crippen molar-refractivity contribution in [2.45, 2.75) is 6.92 Å². The molecule has 0 atom stereocenters. The lowest BCUT2D eigenvalue weighted by Gasteiger charge is -2.34. The smallest absolute Gasteiger partial charge is 0.270 e. The van der Waals surface area contributed by atoms with Gasteiger partial charge in [-0.05, 0) is 28.7 Å². The Morgan fingerprint density at radius 1 is 1.19 bits per heavy atom. The van der Waals surface area contributed by atoms with Crippen LogP contribution in [0.25, 0.3) is 0 Å². The maximum absolute atomic E-state index is 12.5. The molecule has 0 N–H and O–H groups in total. The van der Waals surface area contributed by atoms with Crippen molar-refractivity contribution < 1.29 is 14.5 Å². The van der Waals surface area contributed by atoms with Crippen molar-refractivity contribution in [1.29, 1.82) is 0 Å². The van der Waals surface area contributed by atoms with E-state index in [0.29, 0.717) is 35.3 Å². The van der Waals surface area contributed by atoms with E-state index in [1.165, 1.54) is 19.1 Å². The molecule has 1 aromatic rings. The van der Waals surface area contributed by atoms with Gasteiger partial charge in [0.1, 0.15) is 0 Å². The summed E-state index contributed by atoms with van der Waals surface area (Å²) in [6.45, 7) is 3.37. The predicted octanol–water partition coefficient (Wildman–Crippen LogP) is 1.50. The minimum atomic E-state index is -0.513. The maximum Gasteiger partial charge on any atom is 0.270 e. The van der Waals surface area contributed by atoms with Crippen LogP contribution in [0.5, 0.6) is 0 Å². The van der Waals surface area contributed by atoms with E-state index in [1.807, 2.05) is 22.6 Å². The second kappa shape index (κ2) is 6.37. The first-order chi connectivity index (χ1) is 9.90. The molecule has 1 aromatic carbocycles. The number of non-ortho nitro benzene ring substituents is 1. The Kier molecular flexibility index (Phi) is 4.76. The molecule has 0 aliphatic carbocycles. The monoisotopic (exact) mass is 403 g/mol. The van der Waals surface area contributed by atoms with Crippen LogP contribution in [0.1, 0.15) is 17.3 Å². The summed E-state index contributed by atoms with van der Waals surface area (Å²) in [5.41, 5.74) is 0.238. The molecule has 1 fully saturated rings. The Labute approximate surface area is 135 Å². The summed E-state index contributed by atoms with van der Waals surface area (Å²) in [6, 6.07) is 4.26. The van der Waals surface area contributed by atoms with Crippen molar-refractivity contribution in [2.24, 2.45) is 0 Å². The molecule has 2 rings (SSSR count). The minimum Gasteiger partial charge on any atom is -0.339 e. The number of hydrogen-bond donors (Lipinski definition) is 0. The standard InChI is InChI=1S/C13H14IN3O4/c1-9(18)15-4-6-16(7-5-15)13(19)11-8-10(17(20)21)2-3-12(11)14/h2-3,8H,4-7H2,1H3. The summed E-state index contributed by atoms with van der Waals surface area (Å²) in [5.74, 6) is -0.238. The Balaban J connectivity index is 2.16. The first-order valence-corrected chi connectivity index (χ1v) is 7.46. The van der Waals surface area contributed by atoms with E-state index in [-0.39, 0.29) is 17.5 Å². The van der Waals surface area contributed by atoms with Gasteiger partial charge < -0.3 is 9.80 Å². The van der Waals surface area contributed by atoms with Crippen LogP contribution in [0, 0.1) is 13.7 Å². The number of carbonyl (C=O) groups is 2. The number of benzene rings is 1. The first-order valence-electron chi connectivity index (χ1n) is 6.39. The third-order valence-electron chi connectivity index (χ3n) is 3.40. The number of nitro benzene ring substituents is 1. The van der Waals surface area contributed by atoms with Crippen LogP contribution in [0.3, 0.4) is 0 Å². The first kappa shape index (κ1) is 15.7. The van der Waals surface area contributed by atoms with Gasteiger partial charge in [-0.1, -0.05) is 0 Å². The molecule has 1 aliphatic rings. The maximum atomic E-state index is 12.5. The van der Waals surface area contributed by atoms with Crippen LogP contribution < -0.4 is 0 Å². The topological polar surface area (TPSA) is 83.8 Å². The van der Waals surface area contributed by atoms with Crippen molar-refractivity contribution in [3.8, 4) is 0 Å². The second-order valence-corrected chi connectivity index (χ2v) is 5.88. The fraction of sp³-hybridized carbons (Fsp3) is 0.385. The predicted molar refractivity (Wildman–Crippen MR) is 84.0 cm³/mol. The van der Waals surface area contributed by atoms with Gasteiger partial charge in [-0.2, -0.15) is 0 Å². The molecule has 21 heavy (non-hydrogen) atoms. The molecule has 1 heterocycles. The SMILES string of the molecule is CC(=O)N1CCN(C(=O)c2cc([N+](=O)[O-])ccc2I)CC1. The van der Waals surface area contributed by atoms with Gasteiger partial charge in [-0.25, -0.2) is 0 Å². The molecular weight excluding hydrogens is 389 g/mol. The number of carbonyl (C=O) groups excluding carboxylic acids is 2. The van der Waals surface area contributed by atoms with Crippen LogP contribution in [0.15, 0.2) is 18.2 Å². The number of nitro groups is 1. The van der Waals surface area contributed by atoms with E-state index in [4.69, 9.17) is 0 Å². The lowest BCUT2D eigenvalue weighted by Crippen LogP contribution is -2.50. The molecular formula is C13H14IN3O4. The summed E-state index contributed by atoms with van der Waals surface area (Å²) < 4.78 is 0.678. The molecule has 1 saturated heterocycles. The Bertz CT molecular complexity index is 597. The minimum absolute atomic E-state index is 0.00738. The third kappa shape index (κ3) is 3.49. The van der Waals surface area contributed by atoms with E-state index < -0.39 is 4.92 Å². The number of halogens is 1. The van der Waals surface area contributed by atoms with Crippen LogP contribution in [0.2, 0.25) is 0 Å². The molecule has 0 bridgehead atoms. The van der Waals surface area contributed by atoms with Gasteiger partial charge in [-0.15, -0.1) is 0 Å². The normalized spacial score (nSPS) is 15.0. The fourth-order valence-electron chi connectivity index (χ4n) is 2.19. The van der Waals surface area contributed by atoms with Gasteiger partial charge in [0.2, 0.25) is 5.91 Å². The van der Waals surface area contributed by atoms with Gasteiger partial charge in [0.25, 0.3) is 11.6 Å². The molecule has 2 amide bonds. The average molecular weight is 403 g/mol. The van der Waals surface area contributed by atoms with E-state index in [2.05, 4.69) is 0 Å². The van der Waals surface area contributed by atoms with Crippen LogP contribution in [-0.4, -0.2) is 52.7 Å². The van der Waals surface area contributed by atoms with Crippen LogP contribution in [0.4, 0.5) is 5.69 Å². The number of nitrogens with zero attached hydrogens (tertiary/aromatic N) is 3. The number of piperazine rings is 1. The summed E-state index contributed by atoms with van der Waals surface area (Å²) in [6.07, 6.45) is 0. The molecule has 0 spiro atoms. The molecule has 0 unspecified atom stereocenters. The lowest BCUT2D eigenvalue weighted by molar-refractivity contribution is -0.384. The molecule has 8 heteroatoms. The van der Waals surface area contributed by atoms with E-state index in [0.717, 1.165) is 0 Å². The Morgan fingerprint density at radius 3 is 2.29 bits per heavy atom. The summed E-state index contributed by atoms with van der Waals surface area (Å²) >= 11 is 1.99. The number of amides is 2. The molecule has 0 saturated carbocycles. The van der Waals surface area contributed by atoms with Gasteiger partial charge in [0.05, 0.1) is 10.5 Å². The summed E-state index contributed by atoms with van der Waals surface area (Å²) in [7, 11) is 0. The zero-order valence-electron chi connectivity index (χ0n) is 11.4. The molecule has 1 aliphatic heterocycles. The Hall–Kier alpha value is -1.71. The van der Waals surface area contributed by atoms with Gasteiger partial charge >= 0.3 is 0 Å². The highest BCUT2D eigenvalue weighted by Gasteiger charge is 2.25. The highest BCUT2D eigenvalue weighted by atomic mass is 127. The van der Waals surface area contributed by atoms with Crippen molar-refractivity contribution in [2.75, 3.05) is 26.2 Å². The summed E-state index contributed by atoms with van der Waals surface area (Å²) in [5, 5.41) is 10.8. The molecule has 112 valence electrons. The van der Waals surface area contributed by atoms with Crippen LogP contribution >= 0.6 is 22.6 Å². The van der Waals surface area contributed by atoms with E-state index in [9.17, 15) is 19.7 Å². The molecule has 7 nitrogen and oxygen atoms in total. The Morgan fingerprint density at radius 2 is 1.76 bits per heavy atom. The van der Waals surface area contributed by atoms with Crippen molar-refractivity contribution in [3.63, 3.8) is 0 Å². The summed E-state index contributed by atoms with van der Waals surface area (Å²) in [4.78, 5) is 37.3. The highest BCUT2D eigenvalue weighted by Crippen LogP contribution is 2.21. The van der Waals surface area contributed by atoms with Gasteiger partial charge in [0, 0.05) is 48.8 Å². The number of hydrogen-bond acceptors (Lipinski definition) is 4. The second-order valence-electron chi connectivity index (χ2n) is 4.72. The largest absolute Gasteiger partial charge is 0.339 e. The molecule has 0 radical (unpaired) electrons. The van der Waals surface area contributed by atoms with Gasteiger partial charge in [0.15, 0.2) is 0 Å². The van der Waals surface area contributed by atoms with E-state index in [1.54, 1.807) is 15.9 Å². The van der Waals surface area contributed by atoms with E-state index >= 15 is 0 Å². The average Bonchev–Trinajstić information content (AvgIpc) is 2.47. The fourth-order valence-corrected chi connectivity index (χ4v) is 2.75. The van der Waals surface area contributed by atoms with Crippen LogP contribution in [-0.2, 0) is 4.79 Å². The van der Waals surface area contributed by atoms with Gasteiger partial charge in [-0.3, -0.25) is 19.7 Å². The third-order valence-corrected chi connectivity index (χ3v) is 4.34. The molecule has 0 aromatic heterocycles. The quantitative estimate of drug-likeness (QED) is 0.426. The highest BCUT2D eigenvalue weighted by molar-refractivity contribution is 14.1. The van der Waals surface area contributed by atoms with Crippen molar-refractivity contribution >= 4 is 40.1 Å². The van der Waals surface area contributed by atoms with Crippen molar-refractivity contribution in [3.05, 3.63) is 37.4 Å².